The summed E-state index contributed by atoms with van der Waals surface area (Å²) in [7, 11) is 0. The molecule has 0 saturated carbocycles. The highest BCUT2D eigenvalue weighted by molar-refractivity contribution is 5.21. The molecule has 0 spiro atoms. The van der Waals surface area contributed by atoms with Gasteiger partial charge < -0.3 is 5.32 Å². The van der Waals surface area contributed by atoms with Crippen LogP contribution in [0.2, 0.25) is 0 Å². The van der Waals surface area contributed by atoms with Crippen LogP contribution in [0.3, 0.4) is 0 Å². The third kappa shape index (κ3) is 4.41. The van der Waals surface area contributed by atoms with Crippen LogP contribution in [0.4, 0.5) is 4.39 Å². The van der Waals surface area contributed by atoms with Gasteiger partial charge in [-0.2, -0.15) is 0 Å². The van der Waals surface area contributed by atoms with Crippen LogP contribution in [-0.2, 0) is 0 Å². The summed E-state index contributed by atoms with van der Waals surface area (Å²) in [6, 6.07) is 7.02. The zero-order valence-electron chi connectivity index (χ0n) is 11.9. The van der Waals surface area contributed by atoms with Gasteiger partial charge in [-0.3, -0.25) is 0 Å². The number of rotatable bonds is 8. The van der Waals surface area contributed by atoms with E-state index < -0.39 is 0 Å². The van der Waals surface area contributed by atoms with Gasteiger partial charge in [0.15, 0.2) is 0 Å². The van der Waals surface area contributed by atoms with Gasteiger partial charge in [0.1, 0.15) is 5.82 Å². The SMILES string of the molecule is CCCNCC(c1ccc(F)cc1)C(CC)CC. The van der Waals surface area contributed by atoms with E-state index in [1.54, 1.807) is 12.1 Å². The fourth-order valence-electron chi connectivity index (χ4n) is 2.56. The van der Waals surface area contributed by atoms with Gasteiger partial charge in [-0.1, -0.05) is 45.7 Å². The van der Waals surface area contributed by atoms with Crippen molar-refractivity contribution in [2.75, 3.05) is 13.1 Å². The van der Waals surface area contributed by atoms with E-state index in [-0.39, 0.29) is 5.82 Å². The van der Waals surface area contributed by atoms with Crippen molar-refractivity contribution in [3.8, 4) is 0 Å². The molecule has 1 rings (SSSR count). The van der Waals surface area contributed by atoms with E-state index in [9.17, 15) is 4.39 Å². The Balaban J connectivity index is 2.78. The summed E-state index contributed by atoms with van der Waals surface area (Å²) in [6.07, 6.45) is 3.50. The maximum Gasteiger partial charge on any atom is 0.123 e. The maximum absolute atomic E-state index is 13.0. The van der Waals surface area contributed by atoms with Crippen LogP contribution in [-0.4, -0.2) is 13.1 Å². The molecule has 0 aliphatic carbocycles. The topological polar surface area (TPSA) is 12.0 Å². The van der Waals surface area contributed by atoms with Crippen molar-refractivity contribution in [3.05, 3.63) is 35.6 Å². The second-order valence-corrected chi connectivity index (χ2v) is 4.94. The zero-order chi connectivity index (χ0) is 13.4. The number of hydrogen-bond acceptors (Lipinski definition) is 1. The van der Waals surface area contributed by atoms with E-state index in [0.717, 1.165) is 19.5 Å². The van der Waals surface area contributed by atoms with E-state index >= 15 is 0 Å². The van der Waals surface area contributed by atoms with Crippen molar-refractivity contribution in [1.29, 1.82) is 0 Å². The molecule has 1 aromatic carbocycles. The quantitative estimate of drug-likeness (QED) is 0.677. The number of nitrogens with one attached hydrogen (secondary N) is 1. The smallest absolute Gasteiger partial charge is 0.123 e. The average molecular weight is 251 g/mol. The molecule has 0 amide bonds. The van der Waals surface area contributed by atoms with Crippen molar-refractivity contribution in [3.63, 3.8) is 0 Å². The molecule has 1 N–H and O–H groups in total. The summed E-state index contributed by atoms with van der Waals surface area (Å²) in [6.45, 7) is 8.70. The van der Waals surface area contributed by atoms with Gasteiger partial charge in [0, 0.05) is 6.54 Å². The molecular formula is C16H26FN. The lowest BCUT2D eigenvalue weighted by Gasteiger charge is -2.26. The highest BCUT2D eigenvalue weighted by atomic mass is 19.1. The average Bonchev–Trinajstić information content (AvgIpc) is 2.39. The lowest BCUT2D eigenvalue weighted by molar-refractivity contribution is 0.379. The van der Waals surface area contributed by atoms with Crippen LogP contribution in [0.15, 0.2) is 24.3 Å². The molecular weight excluding hydrogens is 225 g/mol. The van der Waals surface area contributed by atoms with Gasteiger partial charge in [-0.25, -0.2) is 4.39 Å². The molecule has 1 aromatic rings. The Labute approximate surface area is 111 Å². The molecule has 2 heteroatoms. The number of halogens is 1. The minimum absolute atomic E-state index is 0.149. The summed E-state index contributed by atoms with van der Waals surface area (Å²) in [5, 5.41) is 3.50. The zero-order valence-corrected chi connectivity index (χ0v) is 11.9. The van der Waals surface area contributed by atoms with Crippen LogP contribution in [0, 0.1) is 11.7 Å². The molecule has 0 fully saturated rings. The first-order chi connectivity index (χ1) is 8.72. The largest absolute Gasteiger partial charge is 0.316 e. The third-order valence-electron chi connectivity index (χ3n) is 3.71. The summed E-state index contributed by atoms with van der Waals surface area (Å²) in [4.78, 5) is 0. The van der Waals surface area contributed by atoms with Crippen LogP contribution < -0.4 is 5.32 Å². The van der Waals surface area contributed by atoms with Gasteiger partial charge in [0.05, 0.1) is 0 Å². The van der Waals surface area contributed by atoms with Gasteiger partial charge >= 0.3 is 0 Å². The first kappa shape index (κ1) is 15.2. The van der Waals surface area contributed by atoms with Crippen molar-refractivity contribution in [1.82, 2.24) is 5.32 Å². The highest BCUT2D eigenvalue weighted by Crippen LogP contribution is 2.29. The molecule has 1 atom stereocenters. The van der Waals surface area contributed by atoms with Crippen molar-refractivity contribution >= 4 is 0 Å². The van der Waals surface area contributed by atoms with Gasteiger partial charge in [-0.15, -0.1) is 0 Å². The Morgan fingerprint density at radius 1 is 1.06 bits per heavy atom. The van der Waals surface area contributed by atoms with Gasteiger partial charge in [0.2, 0.25) is 0 Å². The Morgan fingerprint density at radius 3 is 2.17 bits per heavy atom. The van der Waals surface area contributed by atoms with Crippen LogP contribution in [0.1, 0.15) is 51.5 Å². The molecule has 1 unspecified atom stereocenters. The molecule has 0 aliphatic rings. The Morgan fingerprint density at radius 2 is 1.67 bits per heavy atom. The molecule has 0 bridgehead atoms. The first-order valence-corrected chi connectivity index (χ1v) is 7.19. The minimum Gasteiger partial charge on any atom is -0.316 e. The van der Waals surface area contributed by atoms with E-state index in [0.29, 0.717) is 11.8 Å². The van der Waals surface area contributed by atoms with E-state index in [2.05, 4.69) is 26.1 Å². The first-order valence-electron chi connectivity index (χ1n) is 7.19. The van der Waals surface area contributed by atoms with Gasteiger partial charge in [0.25, 0.3) is 0 Å². The second kappa shape index (κ2) is 8.25. The molecule has 0 aromatic heterocycles. The summed E-state index contributed by atoms with van der Waals surface area (Å²) in [5.74, 6) is 1.01. The van der Waals surface area contributed by atoms with Crippen molar-refractivity contribution in [2.45, 2.75) is 46.0 Å². The fourth-order valence-corrected chi connectivity index (χ4v) is 2.56. The monoisotopic (exact) mass is 251 g/mol. The summed E-state index contributed by atoms with van der Waals surface area (Å²) in [5.41, 5.74) is 1.26. The van der Waals surface area contributed by atoms with Crippen molar-refractivity contribution < 1.29 is 4.39 Å². The predicted octanol–water partition coefficient (Wildman–Crippen LogP) is 4.35. The fraction of sp³-hybridized carbons (Fsp3) is 0.625. The normalized spacial score (nSPS) is 12.9. The number of benzene rings is 1. The number of hydrogen-bond donors (Lipinski definition) is 1. The molecule has 18 heavy (non-hydrogen) atoms. The Hall–Kier alpha value is -0.890. The summed E-state index contributed by atoms with van der Waals surface area (Å²) < 4.78 is 13.0. The Kier molecular flexibility index (Phi) is 6.96. The minimum atomic E-state index is -0.149. The highest BCUT2D eigenvalue weighted by Gasteiger charge is 2.19. The van der Waals surface area contributed by atoms with Gasteiger partial charge in [-0.05, 0) is 42.5 Å². The molecule has 102 valence electrons. The molecule has 0 radical (unpaired) electrons. The van der Waals surface area contributed by atoms with E-state index in [1.807, 2.05) is 12.1 Å². The summed E-state index contributed by atoms with van der Waals surface area (Å²) >= 11 is 0. The van der Waals surface area contributed by atoms with E-state index in [4.69, 9.17) is 0 Å². The lowest BCUT2D eigenvalue weighted by Crippen LogP contribution is -2.27. The standard InChI is InChI=1S/C16H26FN/c1-4-11-18-12-16(13(5-2)6-3)14-7-9-15(17)10-8-14/h7-10,13,16,18H,4-6,11-12H2,1-3H3. The lowest BCUT2D eigenvalue weighted by atomic mass is 9.82. The van der Waals surface area contributed by atoms with Crippen LogP contribution in [0.25, 0.3) is 0 Å². The Bertz CT molecular complexity index is 316. The third-order valence-corrected chi connectivity index (χ3v) is 3.71. The molecule has 0 saturated heterocycles. The molecule has 1 nitrogen and oxygen atoms in total. The maximum atomic E-state index is 13.0. The predicted molar refractivity (Wildman–Crippen MR) is 76.4 cm³/mol. The van der Waals surface area contributed by atoms with Crippen LogP contribution >= 0.6 is 0 Å². The second-order valence-electron chi connectivity index (χ2n) is 4.94. The van der Waals surface area contributed by atoms with E-state index in [1.165, 1.54) is 18.4 Å². The van der Waals surface area contributed by atoms with Crippen LogP contribution in [0.5, 0.6) is 0 Å². The van der Waals surface area contributed by atoms with Crippen molar-refractivity contribution in [2.24, 2.45) is 5.92 Å². The molecule has 0 aliphatic heterocycles. The molecule has 0 heterocycles.